The number of unbranched alkanes of at least 4 members (excludes halogenated alkanes) is 1. The van der Waals surface area contributed by atoms with Crippen molar-refractivity contribution in [1.82, 2.24) is 4.57 Å². The van der Waals surface area contributed by atoms with E-state index in [-0.39, 0.29) is 0 Å². The molecule has 0 N–H and O–H groups in total. The van der Waals surface area contributed by atoms with Crippen LogP contribution in [0, 0.1) is 19.8 Å². The Kier molecular flexibility index (Phi) is 7.13. The minimum Gasteiger partial charge on any atom is -0.222 e. The molecule has 2 nitrogen and oxygen atoms in total. The van der Waals surface area contributed by atoms with Gasteiger partial charge >= 0.3 is 0 Å². The Balaban J connectivity index is 2.18. The number of hydrogen-bond donors (Lipinski definition) is 0. The highest BCUT2D eigenvalue weighted by atomic mass is 15.2. The van der Waals surface area contributed by atoms with Crippen molar-refractivity contribution in [3.8, 4) is 33.9 Å². The van der Waals surface area contributed by atoms with Gasteiger partial charge < -0.3 is 0 Å². The van der Waals surface area contributed by atoms with E-state index in [1.54, 1.807) is 0 Å². The van der Waals surface area contributed by atoms with E-state index in [4.69, 9.17) is 0 Å². The van der Waals surface area contributed by atoms with E-state index in [2.05, 4.69) is 123 Å². The second kappa shape index (κ2) is 10.2. The smallest absolute Gasteiger partial charge is 0.222 e. The molecule has 0 saturated heterocycles. The van der Waals surface area contributed by atoms with Crippen molar-refractivity contribution >= 4 is 0 Å². The zero-order valence-electron chi connectivity index (χ0n) is 20.8. The molecule has 33 heavy (non-hydrogen) atoms. The zero-order valence-corrected chi connectivity index (χ0v) is 20.8. The second-order valence-electron chi connectivity index (χ2n) is 9.53. The zero-order chi connectivity index (χ0) is 23.4. The average Bonchev–Trinajstić information content (AvgIpc) is 3.11. The Hall–Kier alpha value is -3.13. The van der Waals surface area contributed by atoms with Crippen LogP contribution in [0.2, 0.25) is 0 Å². The highest BCUT2D eigenvalue weighted by Gasteiger charge is 2.34. The van der Waals surface area contributed by atoms with Crippen LogP contribution in [0.4, 0.5) is 0 Å². The molecule has 0 saturated carbocycles. The van der Waals surface area contributed by atoms with Gasteiger partial charge in [0.25, 0.3) is 5.82 Å². The third-order valence-electron chi connectivity index (χ3n) is 6.36. The van der Waals surface area contributed by atoms with Crippen LogP contribution < -0.4 is 4.57 Å². The maximum absolute atomic E-state index is 2.61. The highest BCUT2D eigenvalue weighted by Crippen LogP contribution is 2.37. The van der Waals surface area contributed by atoms with Crippen LogP contribution in [0.5, 0.6) is 0 Å². The van der Waals surface area contributed by atoms with Crippen LogP contribution in [0.3, 0.4) is 0 Å². The summed E-state index contributed by atoms with van der Waals surface area (Å²) < 4.78 is 5.21. The molecule has 0 amide bonds. The van der Waals surface area contributed by atoms with E-state index in [1.165, 1.54) is 51.5 Å². The molecule has 3 aromatic carbocycles. The van der Waals surface area contributed by atoms with Crippen LogP contribution in [0.1, 0.15) is 44.7 Å². The summed E-state index contributed by atoms with van der Waals surface area (Å²) in [5.41, 5.74) is 9.25. The Bertz CT molecular complexity index is 1180. The maximum atomic E-state index is 2.61. The van der Waals surface area contributed by atoms with Gasteiger partial charge in [-0.15, -0.1) is 0 Å². The van der Waals surface area contributed by atoms with E-state index in [0.717, 1.165) is 19.5 Å². The SMILES string of the molecule is CCCCn1c(-c2ccccc2)c(-c2ccccc2)[n+](CC(C)C)c1-c1c(C)cccc1C. The number of hydrogen-bond acceptors (Lipinski definition) is 0. The van der Waals surface area contributed by atoms with Crippen molar-refractivity contribution in [2.75, 3.05) is 0 Å². The molecule has 0 aliphatic heterocycles. The molecule has 0 bridgehead atoms. The van der Waals surface area contributed by atoms with Crippen LogP contribution >= 0.6 is 0 Å². The minimum absolute atomic E-state index is 0.534. The standard InChI is InChI=1S/C31H37N2/c1-6-7-21-32-29(26-17-10-8-11-18-26)30(27-19-12-9-13-20-27)33(22-23(2)3)31(32)28-24(4)15-14-16-25(28)5/h8-20,23H,6-7,21-22H2,1-5H3/q+1. The Labute approximate surface area is 199 Å². The molecule has 0 radical (unpaired) electrons. The quantitative estimate of drug-likeness (QED) is 0.248. The van der Waals surface area contributed by atoms with Crippen molar-refractivity contribution in [2.24, 2.45) is 5.92 Å². The second-order valence-corrected chi connectivity index (χ2v) is 9.53. The molecule has 0 aliphatic rings. The fourth-order valence-corrected chi connectivity index (χ4v) is 4.90. The lowest BCUT2D eigenvalue weighted by Crippen LogP contribution is -2.40. The van der Waals surface area contributed by atoms with Gasteiger partial charge in [-0.1, -0.05) is 106 Å². The van der Waals surface area contributed by atoms with Gasteiger partial charge in [0.2, 0.25) is 0 Å². The molecular formula is C31H37N2+. The lowest BCUT2D eigenvalue weighted by molar-refractivity contribution is -0.680. The van der Waals surface area contributed by atoms with Gasteiger partial charge in [0.15, 0.2) is 11.4 Å². The normalized spacial score (nSPS) is 11.3. The number of benzene rings is 3. The molecule has 2 heteroatoms. The topological polar surface area (TPSA) is 8.81 Å². The monoisotopic (exact) mass is 437 g/mol. The third-order valence-corrected chi connectivity index (χ3v) is 6.36. The first kappa shape index (κ1) is 23.0. The number of rotatable bonds is 8. The van der Waals surface area contributed by atoms with Crippen molar-refractivity contribution < 1.29 is 4.57 Å². The van der Waals surface area contributed by atoms with Crippen LogP contribution in [-0.2, 0) is 13.1 Å². The molecule has 0 unspecified atom stereocenters. The van der Waals surface area contributed by atoms with Gasteiger partial charge in [-0.25, -0.2) is 9.13 Å². The summed E-state index contributed by atoms with van der Waals surface area (Å²) in [6.45, 7) is 13.4. The summed E-state index contributed by atoms with van der Waals surface area (Å²) in [5.74, 6) is 1.87. The van der Waals surface area contributed by atoms with Crippen molar-refractivity contribution in [1.29, 1.82) is 0 Å². The molecule has 0 aliphatic carbocycles. The van der Waals surface area contributed by atoms with Crippen LogP contribution in [0.15, 0.2) is 78.9 Å². The molecular weight excluding hydrogens is 400 g/mol. The lowest BCUT2D eigenvalue weighted by atomic mass is 10.0. The summed E-state index contributed by atoms with van der Waals surface area (Å²) in [7, 11) is 0. The average molecular weight is 438 g/mol. The molecule has 170 valence electrons. The van der Waals surface area contributed by atoms with Gasteiger partial charge in [-0.3, -0.25) is 0 Å². The fourth-order valence-electron chi connectivity index (χ4n) is 4.90. The van der Waals surface area contributed by atoms with Gasteiger partial charge in [0, 0.05) is 11.1 Å². The van der Waals surface area contributed by atoms with Crippen LogP contribution in [0.25, 0.3) is 33.9 Å². The Morgan fingerprint density at radius 2 is 1.33 bits per heavy atom. The minimum atomic E-state index is 0.534. The number of aryl methyl sites for hydroxylation is 2. The highest BCUT2D eigenvalue weighted by molar-refractivity contribution is 5.80. The van der Waals surface area contributed by atoms with Crippen LogP contribution in [-0.4, -0.2) is 4.57 Å². The van der Waals surface area contributed by atoms with E-state index < -0.39 is 0 Å². The molecule has 1 aromatic heterocycles. The first-order valence-corrected chi connectivity index (χ1v) is 12.4. The van der Waals surface area contributed by atoms with Crippen molar-refractivity contribution in [3.63, 3.8) is 0 Å². The predicted octanol–water partition coefficient (Wildman–Crippen LogP) is 7.85. The number of nitrogens with zero attached hydrogens (tertiary/aromatic N) is 2. The number of aromatic nitrogens is 2. The Morgan fingerprint density at radius 3 is 1.88 bits per heavy atom. The van der Waals surface area contributed by atoms with E-state index in [9.17, 15) is 0 Å². The third kappa shape index (κ3) is 4.66. The number of imidazole rings is 1. The van der Waals surface area contributed by atoms with Crippen molar-refractivity contribution in [2.45, 2.75) is 60.5 Å². The first-order chi connectivity index (χ1) is 16.0. The molecule has 0 atom stereocenters. The molecule has 1 heterocycles. The summed E-state index contributed by atoms with van der Waals surface area (Å²) in [6.07, 6.45) is 2.33. The largest absolute Gasteiger partial charge is 0.290 e. The summed E-state index contributed by atoms with van der Waals surface area (Å²) in [4.78, 5) is 0. The van der Waals surface area contributed by atoms with Gasteiger partial charge in [-0.05, 0) is 37.3 Å². The molecule has 0 spiro atoms. The first-order valence-electron chi connectivity index (χ1n) is 12.4. The molecule has 4 aromatic rings. The predicted molar refractivity (Wildman–Crippen MR) is 140 cm³/mol. The van der Waals surface area contributed by atoms with E-state index in [1.807, 2.05) is 0 Å². The summed E-state index contributed by atoms with van der Waals surface area (Å²) >= 11 is 0. The van der Waals surface area contributed by atoms with E-state index in [0.29, 0.717) is 5.92 Å². The van der Waals surface area contributed by atoms with E-state index >= 15 is 0 Å². The summed E-state index contributed by atoms with van der Waals surface area (Å²) in [5, 5.41) is 0. The van der Waals surface area contributed by atoms with Gasteiger partial charge in [-0.2, -0.15) is 0 Å². The lowest BCUT2D eigenvalue weighted by Gasteiger charge is -2.13. The fraction of sp³-hybridized carbons (Fsp3) is 0.323. The van der Waals surface area contributed by atoms with Gasteiger partial charge in [0.05, 0.1) is 18.7 Å². The Morgan fingerprint density at radius 1 is 0.758 bits per heavy atom. The maximum Gasteiger partial charge on any atom is 0.290 e. The van der Waals surface area contributed by atoms with Crippen molar-refractivity contribution in [3.05, 3.63) is 90.0 Å². The summed E-state index contributed by atoms with van der Waals surface area (Å²) in [6, 6.07) is 28.6. The van der Waals surface area contributed by atoms with Gasteiger partial charge in [0.1, 0.15) is 0 Å². The molecule has 4 rings (SSSR count). The molecule has 0 fully saturated rings.